The van der Waals surface area contributed by atoms with E-state index in [1.54, 1.807) is 13.0 Å². The van der Waals surface area contributed by atoms with Crippen molar-refractivity contribution in [3.63, 3.8) is 0 Å². The van der Waals surface area contributed by atoms with Crippen molar-refractivity contribution in [2.45, 2.75) is 6.92 Å². The quantitative estimate of drug-likeness (QED) is 0.538. The third kappa shape index (κ3) is 2.82. The van der Waals surface area contributed by atoms with Gasteiger partial charge in [0.05, 0.1) is 18.9 Å². The number of carbonyl (C=O) groups excluding carboxylic acids is 1. The Morgan fingerprint density at radius 1 is 1.00 bits per heavy atom. The van der Waals surface area contributed by atoms with E-state index in [2.05, 4.69) is 22.0 Å². The first-order valence-corrected chi connectivity index (χ1v) is 9.34. The number of oxazole rings is 1. The summed E-state index contributed by atoms with van der Waals surface area (Å²) < 4.78 is 11.0. The molecule has 6 heteroatoms. The summed E-state index contributed by atoms with van der Waals surface area (Å²) >= 11 is 0. The molecule has 3 aromatic rings. The van der Waals surface area contributed by atoms with E-state index in [9.17, 15) is 4.79 Å². The lowest BCUT2D eigenvalue weighted by Crippen LogP contribution is -2.36. The lowest BCUT2D eigenvalue weighted by atomic mass is 9.90. The Morgan fingerprint density at radius 3 is 2.46 bits per heavy atom. The summed E-state index contributed by atoms with van der Waals surface area (Å²) in [5, 5.41) is 0. The topological polar surface area (TPSA) is 67.9 Å². The molecule has 1 aromatic heterocycles. The molecule has 2 aromatic carbocycles. The maximum Gasteiger partial charge on any atom is 0.231 e. The molecule has 0 radical (unpaired) electrons. The van der Waals surface area contributed by atoms with E-state index < -0.39 is 0 Å². The van der Waals surface area contributed by atoms with Crippen molar-refractivity contribution in [2.24, 2.45) is 4.99 Å². The predicted molar refractivity (Wildman–Crippen MR) is 106 cm³/mol. The van der Waals surface area contributed by atoms with Gasteiger partial charge in [-0.2, -0.15) is 0 Å². The van der Waals surface area contributed by atoms with Crippen LogP contribution in [0.2, 0.25) is 0 Å². The molecule has 0 unspecified atom stereocenters. The average molecular weight is 373 g/mol. The Bertz CT molecular complexity index is 1080. The van der Waals surface area contributed by atoms with Crippen LogP contribution >= 0.6 is 0 Å². The van der Waals surface area contributed by atoms with Gasteiger partial charge in [0.15, 0.2) is 5.89 Å². The highest BCUT2D eigenvalue weighted by Gasteiger charge is 2.33. The second kappa shape index (κ2) is 6.73. The first-order valence-electron chi connectivity index (χ1n) is 9.34. The number of aryl methyl sites for hydroxylation is 1. The minimum absolute atomic E-state index is 0.146. The van der Waals surface area contributed by atoms with E-state index >= 15 is 0 Å². The number of anilines is 1. The zero-order valence-electron chi connectivity index (χ0n) is 15.5. The first-order chi connectivity index (χ1) is 13.7. The molecule has 140 valence electrons. The first kappa shape index (κ1) is 16.9. The van der Waals surface area contributed by atoms with E-state index in [1.165, 1.54) is 0 Å². The molecule has 6 nitrogen and oxygen atoms in total. The number of rotatable bonds is 2. The molecule has 0 bridgehead atoms. The van der Waals surface area contributed by atoms with Gasteiger partial charge >= 0.3 is 0 Å². The lowest BCUT2D eigenvalue weighted by Gasteiger charge is -2.28. The van der Waals surface area contributed by atoms with Crippen LogP contribution in [-0.2, 0) is 4.74 Å². The van der Waals surface area contributed by atoms with Gasteiger partial charge in [-0.05, 0) is 24.3 Å². The maximum absolute atomic E-state index is 12.7. The van der Waals surface area contributed by atoms with Crippen LogP contribution in [0.4, 0.5) is 11.4 Å². The SMILES string of the molecule is Cc1nc2c(o1)C(=O)c1ccccc1C2=Nc1ccc(N2CCOCC2)cc1. The van der Waals surface area contributed by atoms with Gasteiger partial charge in [0.25, 0.3) is 0 Å². The van der Waals surface area contributed by atoms with Crippen molar-refractivity contribution < 1.29 is 13.9 Å². The Balaban J connectivity index is 1.56. The lowest BCUT2D eigenvalue weighted by molar-refractivity contribution is 0.101. The van der Waals surface area contributed by atoms with E-state index in [1.807, 2.05) is 30.3 Å². The highest BCUT2D eigenvalue weighted by Crippen LogP contribution is 2.30. The predicted octanol–water partition coefficient (Wildman–Crippen LogP) is 3.53. The van der Waals surface area contributed by atoms with Crippen molar-refractivity contribution in [2.75, 3.05) is 31.2 Å². The van der Waals surface area contributed by atoms with Gasteiger partial charge in [0, 0.05) is 36.8 Å². The molecular weight excluding hydrogens is 354 g/mol. The maximum atomic E-state index is 12.7. The number of morpholine rings is 1. The number of fused-ring (bicyclic) bond motifs is 2. The van der Waals surface area contributed by atoms with Crippen LogP contribution in [0, 0.1) is 6.92 Å². The zero-order valence-corrected chi connectivity index (χ0v) is 15.5. The number of benzene rings is 2. The molecule has 0 saturated carbocycles. The van der Waals surface area contributed by atoms with Crippen molar-refractivity contribution in [3.05, 3.63) is 77.0 Å². The molecule has 0 spiro atoms. The van der Waals surface area contributed by atoms with Gasteiger partial charge in [0.1, 0.15) is 11.4 Å². The number of hydrogen-bond acceptors (Lipinski definition) is 6. The van der Waals surface area contributed by atoms with Gasteiger partial charge in [-0.1, -0.05) is 24.3 Å². The third-order valence-corrected chi connectivity index (χ3v) is 5.06. The molecule has 1 aliphatic carbocycles. The minimum atomic E-state index is -0.146. The van der Waals surface area contributed by atoms with Crippen LogP contribution in [0.25, 0.3) is 0 Å². The van der Waals surface area contributed by atoms with Crippen molar-refractivity contribution in [1.29, 1.82) is 0 Å². The van der Waals surface area contributed by atoms with E-state index in [0.29, 0.717) is 22.9 Å². The molecule has 5 rings (SSSR count). The molecule has 1 saturated heterocycles. The monoisotopic (exact) mass is 373 g/mol. The van der Waals surface area contributed by atoms with Gasteiger partial charge in [-0.3, -0.25) is 4.79 Å². The number of ether oxygens (including phenoxy) is 1. The molecule has 2 heterocycles. The second-order valence-corrected chi connectivity index (χ2v) is 6.86. The molecule has 0 N–H and O–H groups in total. The largest absolute Gasteiger partial charge is 0.437 e. The van der Waals surface area contributed by atoms with Crippen LogP contribution in [0.15, 0.2) is 57.9 Å². The normalized spacial score (nSPS) is 17.5. The van der Waals surface area contributed by atoms with Crippen LogP contribution in [0.5, 0.6) is 0 Å². The summed E-state index contributed by atoms with van der Waals surface area (Å²) in [6, 6.07) is 15.6. The molecule has 28 heavy (non-hydrogen) atoms. The number of aromatic nitrogens is 1. The Kier molecular flexibility index (Phi) is 4.06. The fourth-order valence-electron chi connectivity index (χ4n) is 3.68. The summed E-state index contributed by atoms with van der Waals surface area (Å²) in [5.74, 6) is 0.578. The number of hydrogen-bond donors (Lipinski definition) is 0. The third-order valence-electron chi connectivity index (χ3n) is 5.06. The number of carbonyl (C=O) groups is 1. The van der Waals surface area contributed by atoms with Crippen LogP contribution < -0.4 is 4.90 Å². The Hall–Kier alpha value is -3.25. The van der Waals surface area contributed by atoms with Gasteiger partial charge in [-0.25, -0.2) is 9.98 Å². The number of aliphatic imine (C=N–C) groups is 1. The summed E-state index contributed by atoms with van der Waals surface area (Å²) in [5.41, 5.74) is 4.52. The van der Waals surface area contributed by atoms with Crippen molar-refractivity contribution in [3.8, 4) is 0 Å². The minimum Gasteiger partial charge on any atom is -0.437 e. The summed E-state index contributed by atoms with van der Waals surface area (Å²) in [7, 11) is 0. The van der Waals surface area contributed by atoms with Gasteiger partial charge < -0.3 is 14.1 Å². The Labute approximate surface area is 162 Å². The smallest absolute Gasteiger partial charge is 0.231 e. The molecule has 1 aliphatic heterocycles. The number of nitrogens with zero attached hydrogens (tertiary/aromatic N) is 3. The second-order valence-electron chi connectivity index (χ2n) is 6.86. The summed E-state index contributed by atoms with van der Waals surface area (Å²) in [6.07, 6.45) is 0. The van der Waals surface area contributed by atoms with Gasteiger partial charge in [0.2, 0.25) is 11.5 Å². The standard InChI is InChI=1S/C22H19N3O3/c1-14-23-20-19(17-4-2-3-5-18(17)21(26)22(20)28-14)24-15-6-8-16(9-7-15)25-10-12-27-13-11-25/h2-9H,10-13H2,1H3. The van der Waals surface area contributed by atoms with Crippen LogP contribution in [-0.4, -0.2) is 42.8 Å². The molecule has 1 fully saturated rings. The molecule has 0 amide bonds. The van der Waals surface area contributed by atoms with Crippen molar-refractivity contribution >= 4 is 22.9 Å². The molecule has 0 atom stereocenters. The average Bonchev–Trinajstić information content (AvgIpc) is 3.14. The molecule has 2 aliphatic rings. The van der Waals surface area contributed by atoms with Crippen LogP contribution in [0.1, 0.15) is 33.3 Å². The zero-order chi connectivity index (χ0) is 19.1. The molecular formula is C22H19N3O3. The van der Waals surface area contributed by atoms with E-state index in [0.717, 1.165) is 43.2 Å². The highest BCUT2D eigenvalue weighted by atomic mass is 16.5. The van der Waals surface area contributed by atoms with Crippen LogP contribution in [0.3, 0.4) is 0 Å². The summed E-state index contributed by atoms with van der Waals surface area (Å²) in [4.78, 5) is 24.3. The van der Waals surface area contributed by atoms with Crippen molar-refractivity contribution in [1.82, 2.24) is 4.98 Å². The highest BCUT2D eigenvalue weighted by molar-refractivity contribution is 6.28. The Morgan fingerprint density at radius 2 is 1.71 bits per heavy atom. The van der Waals surface area contributed by atoms with E-state index in [4.69, 9.17) is 14.1 Å². The summed E-state index contributed by atoms with van der Waals surface area (Å²) in [6.45, 7) is 5.03. The fraction of sp³-hybridized carbons (Fsp3) is 0.227. The number of ketones is 1. The van der Waals surface area contributed by atoms with Gasteiger partial charge in [-0.15, -0.1) is 0 Å². The fourth-order valence-corrected chi connectivity index (χ4v) is 3.68. The van der Waals surface area contributed by atoms with E-state index in [-0.39, 0.29) is 11.5 Å².